The summed E-state index contributed by atoms with van der Waals surface area (Å²) in [5.74, 6) is 0. The largest absolute Gasteiger partial charge is 0.346 e. The Labute approximate surface area is 163 Å². The van der Waals surface area contributed by atoms with Gasteiger partial charge < -0.3 is 10.2 Å². The van der Waals surface area contributed by atoms with Crippen molar-refractivity contribution in [1.29, 1.82) is 0 Å². The molecule has 4 rings (SSSR count). The smallest absolute Gasteiger partial charge is 0.173 e. The highest BCUT2D eigenvalue weighted by Crippen LogP contribution is 2.23. The molecule has 2 heterocycles. The van der Waals surface area contributed by atoms with Crippen LogP contribution >= 0.6 is 23.6 Å². The molecule has 134 valence electrons. The summed E-state index contributed by atoms with van der Waals surface area (Å²) in [6.45, 7) is 6.92. The average molecular weight is 383 g/mol. The van der Waals surface area contributed by atoms with E-state index >= 15 is 0 Å². The maximum Gasteiger partial charge on any atom is 0.173 e. The molecule has 26 heavy (non-hydrogen) atoms. The third-order valence-electron chi connectivity index (χ3n) is 4.66. The molecule has 3 aromatic rings. The lowest BCUT2D eigenvalue weighted by Gasteiger charge is -2.35. The lowest BCUT2D eigenvalue weighted by Crippen LogP contribution is -2.49. The molecule has 0 atom stereocenters. The summed E-state index contributed by atoms with van der Waals surface area (Å²) in [6.07, 6.45) is 0. The van der Waals surface area contributed by atoms with Gasteiger partial charge in [-0.3, -0.25) is 4.90 Å². The quantitative estimate of drug-likeness (QED) is 0.689. The number of para-hydroxylation sites is 1. The van der Waals surface area contributed by atoms with Crippen LogP contribution in [0.25, 0.3) is 10.2 Å². The van der Waals surface area contributed by atoms with Crippen molar-refractivity contribution in [1.82, 2.24) is 14.8 Å². The van der Waals surface area contributed by atoms with Crippen molar-refractivity contribution in [3.8, 4) is 0 Å². The Bertz CT molecular complexity index is 863. The third-order valence-corrected chi connectivity index (χ3v) is 6.04. The fourth-order valence-corrected chi connectivity index (χ4v) is 4.44. The molecule has 1 N–H and O–H groups in total. The number of anilines is 1. The number of thiazole rings is 1. The topological polar surface area (TPSA) is 31.4 Å². The molecule has 1 aliphatic rings. The zero-order chi connectivity index (χ0) is 17.9. The van der Waals surface area contributed by atoms with Gasteiger partial charge in [0.2, 0.25) is 0 Å². The first kappa shape index (κ1) is 17.4. The van der Waals surface area contributed by atoms with Gasteiger partial charge in [0.25, 0.3) is 0 Å². The minimum Gasteiger partial charge on any atom is -0.346 e. The number of nitrogens with one attached hydrogen (secondary N) is 1. The molecule has 4 nitrogen and oxygen atoms in total. The third kappa shape index (κ3) is 4.03. The van der Waals surface area contributed by atoms with E-state index < -0.39 is 0 Å². The minimum atomic E-state index is 0.813. The number of hydrogen-bond acceptors (Lipinski definition) is 4. The summed E-state index contributed by atoms with van der Waals surface area (Å²) in [5, 5.41) is 5.36. The van der Waals surface area contributed by atoms with Crippen LogP contribution < -0.4 is 5.32 Å². The Kier molecular flexibility index (Phi) is 5.15. The van der Waals surface area contributed by atoms with Crippen LogP contribution in [0.5, 0.6) is 0 Å². The van der Waals surface area contributed by atoms with Gasteiger partial charge in [0, 0.05) is 31.9 Å². The van der Waals surface area contributed by atoms with E-state index in [1.54, 1.807) is 11.3 Å². The maximum absolute atomic E-state index is 5.59. The fourth-order valence-electron chi connectivity index (χ4n) is 3.13. The number of fused-ring (bicyclic) bond motifs is 1. The molecule has 1 saturated heterocycles. The number of rotatable bonds is 3. The normalized spacial score (nSPS) is 15.3. The van der Waals surface area contributed by atoms with Crippen LogP contribution in [0.1, 0.15) is 10.6 Å². The molecule has 6 heteroatoms. The van der Waals surface area contributed by atoms with Crippen molar-refractivity contribution >= 4 is 44.6 Å². The molecule has 0 amide bonds. The Morgan fingerprint density at radius 1 is 1.08 bits per heavy atom. The van der Waals surface area contributed by atoms with Gasteiger partial charge in [0.15, 0.2) is 5.11 Å². The number of aromatic nitrogens is 1. The lowest BCUT2D eigenvalue weighted by molar-refractivity contribution is 0.177. The molecular formula is C20H22N4S2. The highest BCUT2D eigenvalue weighted by Gasteiger charge is 2.20. The first-order chi connectivity index (χ1) is 12.7. The number of piperazine rings is 1. The number of benzene rings is 2. The fraction of sp³-hybridized carbons (Fsp3) is 0.300. The van der Waals surface area contributed by atoms with E-state index in [9.17, 15) is 0 Å². The molecule has 1 aliphatic heterocycles. The summed E-state index contributed by atoms with van der Waals surface area (Å²) in [7, 11) is 0. The summed E-state index contributed by atoms with van der Waals surface area (Å²) < 4.78 is 1.27. The molecule has 0 spiro atoms. The van der Waals surface area contributed by atoms with Crippen molar-refractivity contribution in [3.63, 3.8) is 0 Å². The van der Waals surface area contributed by atoms with Gasteiger partial charge in [-0.2, -0.15) is 0 Å². The summed E-state index contributed by atoms with van der Waals surface area (Å²) in [4.78, 5) is 9.46. The zero-order valence-corrected chi connectivity index (χ0v) is 16.4. The van der Waals surface area contributed by atoms with E-state index in [0.29, 0.717) is 0 Å². The van der Waals surface area contributed by atoms with E-state index in [4.69, 9.17) is 17.2 Å². The van der Waals surface area contributed by atoms with E-state index in [-0.39, 0.29) is 0 Å². The zero-order valence-electron chi connectivity index (χ0n) is 14.8. The maximum atomic E-state index is 5.59. The number of nitrogens with zero attached hydrogens (tertiary/aromatic N) is 3. The minimum absolute atomic E-state index is 0.813. The highest BCUT2D eigenvalue weighted by atomic mass is 32.1. The standard InChI is InChI=1S/C20H22N4S2/c1-15-6-8-16(9-7-15)21-20(25)24-12-10-23(11-13-24)14-19-22-17-4-2-3-5-18(17)26-19/h2-9H,10-14H2,1H3,(H,21,25). The average Bonchev–Trinajstić information content (AvgIpc) is 3.06. The second-order valence-electron chi connectivity index (χ2n) is 6.63. The Hall–Kier alpha value is -2.02. The van der Waals surface area contributed by atoms with Crippen molar-refractivity contribution in [2.75, 3.05) is 31.5 Å². The van der Waals surface area contributed by atoms with Gasteiger partial charge in [-0.1, -0.05) is 29.8 Å². The Balaban J connectivity index is 1.30. The van der Waals surface area contributed by atoms with Crippen molar-refractivity contribution in [2.45, 2.75) is 13.5 Å². The van der Waals surface area contributed by atoms with E-state index in [0.717, 1.165) is 49.0 Å². The Morgan fingerprint density at radius 2 is 1.81 bits per heavy atom. The van der Waals surface area contributed by atoms with Crippen molar-refractivity contribution in [2.24, 2.45) is 0 Å². The van der Waals surface area contributed by atoms with E-state index in [2.05, 4.69) is 64.5 Å². The second kappa shape index (κ2) is 7.70. The van der Waals surface area contributed by atoms with Gasteiger partial charge in [-0.25, -0.2) is 4.98 Å². The van der Waals surface area contributed by atoms with Gasteiger partial charge in [0.05, 0.1) is 16.8 Å². The molecule has 0 bridgehead atoms. The summed E-state index contributed by atoms with van der Waals surface area (Å²) in [6, 6.07) is 16.7. The van der Waals surface area contributed by atoms with Crippen LogP contribution in [0.4, 0.5) is 5.69 Å². The van der Waals surface area contributed by atoms with Crippen LogP contribution in [0.2, 0.25) is 0 Å². The molecule has 1 fully saturated rings. The monoisotopic (exact) mass is 382 g/mol. The van der Waals surface area contributed by atoms with E-state index in [1.165, 1.54) is 15.3 Å². The van der Waals surface area contributed by atoms with Crippen LogP contribution in [0.3, 0.4) is 0 Å². The second-order valence-corrected chi connectivity index (χ2v) is 8.14. The molecule has 0 unspecified atom stereocenters. The summed E-state index contributed by atoms with van der Waals surface area (Å²) >= 11 is 7.38. The number of hydrogen-bond donors (Lipinski definition) is 1. The highest BCUT2D eigenvalue weighted by molar-refractivity contribution is 7.80. The molecule has 2 aromatic carbocycles. The predicted octanol–water partition coefficient (Wildman–Crippen LogP) is 4.12. The van der Waals surface area contributed by atoms with Gasteiger partial charge in [-0.05, 0) is 43.4 Å². The SMILES string of the molecule is Cc1ccc(NC(=S)N2CCN(Cc3nc4ccccc4s3)CC2)cc1. The molecule has 0 saturated carbocycles. The number of aryl methyl sites for hydroxylation is 1. The van der Waals surface area contributed by atoms with Crippen LogP contribution in [-0.4, -0.2) is 46.1 Å². The molecule has 0 aliphatic carbocycles. The summed E-state index contributed by atoms with van der Waals surface area (Å²) in [5.41, 5.74) is 3.41. The van der Waals surface area contributed by atoms with Crippen LogP contribution in [-0.2, 0) is 6.54 Å². The van der Waals surface area contributed by atoms with Gasteiger partial charge >= 0.3 is 0 Å². The van der Waals surface area contributed by atoms with Crippen molar-refractivity contribution in [3.05, 3.63) is 59.1 Å². The molecule has 0 radical (unpaired) electrons. The molecule has 1 aromatic heterocycles. The molecular weight excluding hydrogens is 360 g/mol. The van der Waals surface area contributed by atoms with Gasteiger partial charge in [-0.15, -0.1) is 11.3 Å². The van der Waals surface area contributed by atoms with Crippen molar-refractivity contribution < 1.29 is 0 Å². The first-order valence-corrected chi connectivity index (χ1v) is 10.1. The Morgan fingerprint density at radius 3 is 2.54 bits per heavy atom. The van der Waals surface area contributed by atoms with E-state index in [1.807, 2.05) is 6.07 Å². The first-order valence-electron chi connectivity index (χ1n) is 8.87. The lowest BCUT2D eigenvalue weighted by atomic mass is 10.2. The predicted molar refractivity (Wildman–Crippen MR) is 114 cm³/mol. The number of thiocarbonyl (C=S) groups is 1. The van der Waals surface area contributed by atoms with Gasteiger partial charge in [0.1, 0.15) is 5.01 Å². The van der Waals surface area contributed by atoms with Crippen LogP contribution in [0.15, 0.2) is 48.5 Å². The van der Waals surface area contributed by atoms with Crippen LogP contribution in [0, 0.1) is 6.92 Å².